The predicted molar refractivity (Wildman–Crippen MR) is 63.5 cm³/mol. The van der Waals surface area contributed by atoms with Crippen LogP contribution in [-0.4, -0.2) is 42.4 Å². The summed E-state index contributed by atoms with van der Waals surface area (Å²) >= 11 is 0. The van der Waals surface area contributed by atoms with E-state index in [1.165, 1.54) is 0 Å². The van der Waals surface area contributed by atoms with Crippen LogP contribution in [0.5, 0.6) is 0 Å². The minimum Gasteiger partial charge on any atom is -0.378 e. The lowest BCUT2D eigenvalue weighted by Crippen LogP contribution is -2.40. The number of nitrogens with zero attached hydrogens (tertiary/aromatic N) is 2. The number of nitrogen functional groups attached to an aromatic ring is 1. The molecule has 8 heteroatoms. The molecule has 1 unspecified atom stereocenters. The maximum Gasteiger partial charge on any atom is 0.239 e. The highest BCUT2D eigenvalue weighted by molar-refractivity contribution is 5.40. The molecule has 1 aromatic rings. The van der Waals surface area contributed by atoms with Crippen LogP contribution in [0.4, 0.5) is 16.2 Å². The van der Waals surface area contributed by atoms with Gasteiger partial charge in [-0.2, -0.15) is 4.98 Å². The SMILES string of the molecule is COC1(CNc2nc(NN)ncc2F)CCOC1. The molecule has 1 fully saturated rings. The van der Waals surface area contributed by atoms with Gasteiger partial charge in [-0.1, -0.05) is 0 Å². The summed E-state index contributed by atoms with van der Waals surface area (Å²) in [5.41, 5.74) is 1.82. The van der Waals surface area contributed by atoms with Crippen LogP contribution in [0.3, 0.4) is 0 Å². The fourth-order valence-corrected chi connectivity index (χ4v) is 1.77. The fraction of sp³-hybridized carbons (Fsp3) is 0.600. The van der Waals surface area contributed by atoms with Crippen LogP contribution in [-0.2, 0) is 9.47 Å². The largest absolute Gasteiger partial charge is 0.378 e. The van der Waals surface area contributed by atoms with Crippen molar-refractivity contribution in [3.63, 3.8) is 0 Å². The van der Waals surface area contributed by atoms with Crippen molar-refractivity contribution in [2.75, 3.05) is 37.6 Å². The summed E-state index contributed by atoms with van der Waals surface area (Å²) in [6, 6.07) is 0. The minimum absolute atomic E-state index is 0.0845. The van der Waals surface area contributed by atoms with E-state index in [-0.39, 0.29) is 11.8 Å². The summed E-state index contributed by atoms with van der Waals surface area (Å²) in [5, 5.41) is 2.89. The lowest BCUT2D eigenvalue weighted by Gasteiger charge is -2.26. The van der Waals surface area contributed by atoms with Crippen LogP contribution < -0.4 is 16.6 Å². The molecule has 0 saturated carbocycles. The van der Waals surface area contributed by atoms with Crippen LogP contribution >= 0.6 is 0 Å². The molecule has 1 atom stereocenters. The topological polar surface area (TPSA) is 94.3 Å². The van der Waals surface area contributed by atoms with Crippen molar-refractivity contribution in [2.24, 2.45) is 5.84 Å². The van der Waals surface area contributed by atoms with Gasteiger partial charge in [0.05, 0.1) is 12.8 Å². The van der Waals surface area contributed by atoms with Gasteiger partial charge < -0.3 is 14.8 Å². The first-order chi connectivity index (χ1) is 8.69. The Morgan fingerprint density at radius 1 is 1.67 bits per heavy atom. The van der Waals surface area contributed by atoms with Gasteiger partial charge in [0.15, 0.2) is 11.6 Å². The Bertz CT molecular complexity index is 411. The second-order valence-electron chi connectivity index (χ2n) is 4.08. The molecule has 0 radical (unpaired) electrons. The molecule has 1 saturated heterocycles. The van der Waals surface area contributed by atoms with Crippen molar-refractivity contribution < 1.29 is 13.9 Å². The third-order valence-corrected chi connectivity index (χ3v) is 2.95. The van der Waals surface area contributed by atoms with Gasteiger partial charge in [-0.25, -0.2) is 15.2 Å². The molecular formula is C10H16FN5O2. The molecule has 0 aromatic carbocycles. The van der Waals surface area contributed by atoms with Crippen LogP contribution in [0.15, 0.2) is 6.20 Å². The Kier molecular flexibility index (Phi) is 3.90. The summed E-state index contributed by atoms with van der Waals surface area (Å²) in [6.45, 7) is 1.52. The number of rotatable bonds is 5. The van der Waals surface area contributed by atoms with Crippen molar-refractivity contribution in [1.82, 2.24) is 9.97 Å². The predicted octanol–water partition coefficient (Wildman–Crippen LogP) is 0.119. The van der Waals surface area contributed by atoms with Crippen molar-refractivity contribution in [3.05, 3.63) is 12.0 Å². The molecule has 7 nitrogen and oxygen atoms in total. The van der Waals surface area contributed by atoms with Gasteiger partial charge >= 0.3 is 0 Å². The Morgan fingerprint density at radius 2 is 2.50 bits per heavy atom. The van der Waals surface area contributed by atoms with Crippen molar-refractivity contribution in [3.8, 4) is 0 Å². The Morgan fingerprint density at radius 3 is 3.11 bits per heavy atom. The molecule has 18 heavy (non-hydrogen) atoms. The third kappa shape index (κ3) is 2.66. The smallest absolute Gasteiger partial charge is 0.239 e. The zero-order chi connectivity index (χ0) is 13.0. The first kappa shape index (κ1) is 12.9. The summed E-state index contributed by atoms with van der Waals surface area (Å²) in [4.78, 5) is 7.54. The Labute approximate surface area is 104 Å². The second kappa shape index (κ2) is 5.42. The second-order valence-corrected chi connectivity index (χ2v) is 4.08. The maximum absolute atomic E-state index is 13.5. The molecule has 0 amide bonds. The van der Waals surface area contributed by atoms with Crippen molar-refractivity contribution in [2.45, 2.75) is 12.0 Å². The first-order valence-corrected chi connectivity index (χ1v) is 5.55. The number of anilines is 2. The van der Waals surface area contributed by atoms with Gasteiger partial charge in [0.1, 0.15) is 5.60 Å². The van der Waals surface area contributed by atoms with Gasteiger partial charge in [0, 0.05) is 26.7 Å². The van der Waals surface area contributed by atoms with Crippen LogP contribution in [0.2, 0.25) is 0 Å². The Balaban J connectivity index is 2.05. The summed E-state index contributed by atoms with van der Waals surface area (Å²) < 4.78 is 24.2. The van der Waals surface area contributed by atoms with Crippen molar-refractivity contribution in [1.29, 1.82) is 0 Å². The first-order valence-electron chi connectivity index (χ1n) is 5.55. The number of nitrogens with two attached hydrogens (primary N) is 1. The average molecular weight is 257 g/mol. The maximum atomic E-state index is 13.5. The van der Waals surface area contributed by atoms with E-state index in [9.17, 15) is 4.39 Å². The molecule has 4 N–H and O–H groups in total. The third-order valence-electron chi connectivity index (χ3n) is 2.95. The normalized spacial score (nSPS) is 23.1. The standard InChI is InChI=1S/C10H16FN5O2/c1-17-10(2-3-18-6-10)5-14-8-7(11)4-13-9(15-8)16-12/h4H,2-3,5-6,12H2,1H3,(H2,13,14,15,16). The number of hydrogen-bond acceptors (Lipinski definition) is 7. The van der Waals surface area contributed by atoms with E-state index >= 15 is 0 Å². The number of ether oxygens (including phenoxy) is 2. The molecule has 1 aliphatic heterocycles. The van der Waals surface area contributed by atoms with Crippen LogP contribution in [0, 0.1) is 5.82 Å². The average Bonchev–Trinajstić information content (AvgIpc) is 2.87. The molecule has 0 spiro atoms. The molecule has 0 bridgehead atoms. The van der Waals surface area contributed by atoms with Crippen LogP contribution in [0.25, 0.3) is 0 Å². The van der Waals surface area contributed by atoms with E-state index in [2.05, 4.69) is 20.7 Å². The Hall–Kier alpha value is -1.51. The van der Waals surface area contributed by atoms with Crippen molar-refractivity contribution >= 4 is 11.8 Å². The van der Waals surface area contributed by atoms with Gasteiger partial charge in [-0.15, -0.1) is 0 Å². The van der Waals surface area contributed by atoms with Gasteiger partial charge in [-0.3, -0.25) is 5.43 Å². The van der Waals surface area contributed by atoms with Gasteiger partial charge in [-0.05, 0) is 0 Å². The lowest BCUT2D eigenvalue weighted by molar-refractivity contribution is -0.00629. The summed E-state index contributed by atoms with van der Waals surface area (Å²) in [5.74, 6) is 4.86. The molecule has 2 rings (SSSR count). The zero-order valence-electron chi connectivity index (χ0n) is 10.1. The van der Waals surface area contributed by atoms with Gasteiger partial charge in [0.2, 0.25) is 5.95 Å². The van der Waals surface area contributed by atoms with E-state index in [4.69, 9.17) is 15.3 Å². The molecule has 1 aromatic heterocycles. The van der Waals surface area contributed by atoms with E-state index < -0.39 is 11.4 Å². The number of aromatic nitrogens is 2. The van der Waals surface area contributed by atoms with Crippen LogP contribution in [0.1, 0.15) is 6.42 Å². The molecular weight excluding hydrogens is 241 g/mol. The fourth-order valence-electron chi connectivity index (χ4n) is 1.77. The summed E-state index contributed by atoms with van der Waals surface area (Å²) in [6.07, 6.45) is 1.81. The van der Waals surface area contributed by atoms with E-state index in [1.54, 1.807) is 7.11 Å². The van der Waals surface area contributed by atoms with E-state index in [0.717, 1.165) is 12.6 Å². The molecule has 1 aliphatic rings. The highest BCUT2D eigenvalue weighted by Gasteiger charge is 2.35. The van der Waals surface area contributed by atoms with E-state index in [1.807, 2.05) is 0 Å². The monoisotopic (exact) mass is 257 g/mol. The lowest BCUT2D eigenvalue weighted by atomic mass is 10.0. The molecule has 0 aliphatic carbocycles. The number of hydrazine groups is 1. The number of hydrogen-bond donors (Lipinski definition) is 3. The number of methoxy groups -OCH3 is 1. The highest BCUT2D eigenvalue weighted by Crippen LogP contribution is 2.23. The highest BCUT2D eigenvalue weighted by atomic mass is 19.1. The number of halogens is 1. The molecule has 2 heterocycles. The van der Waals surface area contributed by atoms with Gasteiger partial charge in [0.25, 0.3) is 0 Å². The molecule has 100 valence electrons. The number of nitrogens with one attached hydrogen (secondary N) is 2. The minimum atomic E-state index is -0.542. The van der Waals surface area contributed by atoms with E-state index in [0.29, 0.717) is 19.8 Å². The summed E-state index contributed by atoms with van der Waals surface area (Å²) in [7, 11) is 1.61. The zero-order valence-corrected chi connectivity index (χ0v) is 10.1. The quantitative estimate of drug-likeness (QED) is 0.509.